The van der Waals surface area contributed by atoms with E-state index in [1.54, 1.807) is 0 Å². The molecule has 0 radical (unpaired) electrons. The normalized spacial score (nSPS) is 39.3. The average molecular weight is 223 g/mol. The third-order valence-electron chi connectivity index (χ3n) is 4.42. The molecule has 2 aliphatic rings. The first-order valence-corrected chi connectivity index (χ1v) is 6.39. The Kier molecular flexibility index (Phi) is 3.72. The van der Waals surface area contributed by atoms with E-state index in [-0.39, 0.29) is 6.10 Å². The highest BCUT2D eigenvalue weighted by molar-refractivity contribution is 4.94. The smallest absolute Gasteiger partial charge is 0.0688 e. The van der Waals surface area contributed by atoms with Gasteiger partial charge in [0.25, 0.3) is 0 Å². The Morgan fingerprint density at radius 2 is 2.25 bits per heavy atom. The molecule has 0 aromatic rings. The van der Waals surface area contributed by atoms with Gasteiger partial charge in [0.05, 0.1) is 12.6 Å². The molecule has 2 rings (SSSR count). The number of nitrogens with zero attached hydrogens (tertiary/aromatic N) is 3. The zero-order valence-electron chi connectivity index (χ0n) is 10.1. The summed E-state index contributed by atoms with van der Waals surface area (Å²) in [6.45, 7) is 3.71. The summed E-state index contributed by atoms with van der Waals surface area (Å²) < 4.78 is 5.77. The largest absolute Gasteiger partial charge is 0.377 e. The lowest BCUT2D eigenvalue weighted by Gasteiger charge is -2.32. The van der Waals surface area contributed by atoms with E-state index in [2.05, 4.69) is 16.9 Å². The molecule has 1 spiro atoms. The Balaban J connectivity index is 2.05. The predicted molar refractivity (Wildman–Crippen MR) is 63.1 cm³/mol. The highest BCUT2D eigenvalue weighted by Gasteiger charge is 2.43. The quantitative estimate of drug-likeness (QED) is 0.400. The maximum absolute atomic E-state index is 8.41. The van der Waals surface area contributed by atoms with Gasteiger partial charge in [-0.05, 0) is 36.1 Å². The fourth-order valence-electron chi connectivity index (χ4n) is 3.28. The van der Waals surface area contributed by atoms with Crippen LogP contribution in [-0.4, -0.2) is 19.3 Å². The second-order valence-electron chi connectivity index (χ2n) is 5.42. The fraction of sp³-hybridized carbons (Fsp3) is 1.00. The second kappa shape index (κ2) is 5.07. The van der Waals surface area contributed by atoms with Gasteiger partial charge in [0, 0.05) is 11.5 Å². The summed E-state index contributed by atoms with van der Waals surface area (Å²) in [7, 11) is 0. The molecule has 0 amide bonds. The van der Waals surface area contributed by atoms with Crippen molar-refractivity contribution >= 4 is 0 Å². The van der Waals surface area contributed by atoms with Crippen LogP contribution in [0.3, 0.4) is 0 Å². The molecule has 0 N–H and O–H groups in total. The fourth-order valence-corrected chi connectivity index (χ4v) is 3.28. The van der Waals surface area contributed by atoms with Crippen LogP contribution in [0.1, 0.15) is 45.4 Å². The molecular weight excluding hydrogens is 202 g/mol. The Labute approximate surface area is 97.0 Å². The molecule has 1 saturated heterocycles. The van der Waals surface area contributed by atoms with Crippen molar-refractivity contribution in [3.05, 3.63) is 10.4 Å². The molecule has 0 aromatic heterocycles. The van der Waals surface area contributed by atoms with Gasteiger partial charge in [0.2, 0.25) is 0 Å². The molecule has 90 valence electrons. The Bertz CT molecular complexity index is 288. The van der Waals surface area contributed by atoms with Crippen molar-refractivity contribution in [2.75, 3.05) is 13.2 Å². The van der Waals surface area contributed by atoms with Gasteiger partial charge >= 0.3 is 0 Å². The van der Waals surface area contributed by atoms with Gasteiger partial charge in [-0.15, -0.1) is 0 Å². The number of hydrogen-bond acceptors (Lipinski definition) is 2. The Morgan fingerprint density at radius 1 is 1.38 bits per heavy atom. The first kappa shape index (κ1) is 11.7. The van der Waals surface area contributed by atoms with Gasteiger partial charge in [-0.1, -0.05) is 31.3 Å². The first-order valence-electron chi connectivity index (χ1n) is 6.39. The average Bonchev–Trinajstić information content (AvgIpc) is 2.57. The molecular formula is C12H21N3O. The molecule has 0 bridgehead atoms. The molecule has 2 fully saturated rings. The zero-order valence-corrected chi connectivity index (χ0v) is 10.1. The van der Waals surface area contributed by atoms with Gasteiger partial charge in [-0.2, -0.15) is 0 Å². The topological polar surface area (TPSA) is 58.0 Å². The summed E-state index contributed by atoms with van der Waals surface area (Å²) in [6.07, 6.45) is 7.78. The van der Waals surface area contributed by atoms with Crippen LogP contribution < -0.4 is 0 Å². The van der Waals surface area contributed by atoms with Gasteiger partial charge < -0.3 is 4.74 Å². The molecule has 1 heterocycles. The van der Waals surface area contributed by atoms with E-state index < -0.39 is 0 Å². The number of hydrogen-bond donors (Lipinski definition) is 0. The zero-order chi connectivity index (χ0) is 11.4. The lowest BCUT2D eigenvalue weighted by Crippen LogP contribution is -2.32. The van der Waals surface area contributed by atoms with Crippen LogP contribution in [0.15, 0.2) is 5.11 Å². The molecule has 16 heavy (non-hydrogen) atoms. The minimum atomic E-state index is 0.175. The molecule has 1 saturated carbocycles. The number of azide groups is 1. The van der Waals surface area contributed by atoms with Crippen molar-refractivity contribution in [1.29, 1.82) is 0 Å². The summed E-state index contributed by atoms with van der Waals surface area (Å²) in [5.41, 5.74) is 8.73. The van der Waals surface area contributed by atoms with Crippen LogP contribution in [0.4, 0.5) is 0 Å². The monoisotopic (exact) mass is 223 g/mol. The lowest BCUT2D eigenvalue weighted by molar-refractivity contribution is 0.0468. The van der Waals surface area contributed by atoms with E-state index in [1.165, 1.54) is 32.1 Å². The van der Waals surface area contributed by atoms with Crippen molar-refractivity contribution in [2.24, 2.45) is 16.4 Å². The molecule has 3 unspecified atom stereocenters. The highest BCUT2D eigenvalue weighted by Crippen LogP contribution is 2.47. The summed E-state index contributed by atoms with van der Waals surface area (Å²) in [6, 6.07) is 0. The Hall–Kier alpha value is -0.730. The summed E-state index contributed by atoms with van der Waals surface area (Å²) in [4.78, 5) is 2.86. The van der Waals surface area contributed by atoms with Crippen LogP contribution >= 0.6 is 0 Å². The third-order valence-corrected chi connectivity index (χ3v) is 4.42. The molecule has 1 aliphatic heterocycles. The van der Waals surface area contributed by atoms with Gasteiger partial charge in [-0.3, -0.25) is 0 Å². The standard InChI is InChI=1S/C12H21N3O/c1-10-3-2-5-12(6-4-10)7-8-16-11(12)9-14-15-13/h10-11H,2-9H2,1H3. The molecule has 1 aliphatic carbocycles. The minimum Gasteiger partial charge on any atom is -0.377 e. The van der Waals surface area contributed by atoms with Crippen molar-refractivity contribution < 1.29 is 4.74 Å². The molecule has 4 heteroatoms. The molecule has 3 atom stereocenters. The predicted octanol–water partition coefficient (Wildman–Crippen LogP) is 3.67. The van der Waals surface area contributed by atoms with Crippen molar-refractivity contribution in [3.63, 3.8) is 0 Å². The summed E-state index contributed by atoms with van der Waals surface area (Å²) in [5, 5.41) is 3.71. The molecule has 0 aromatic carbocycles. The number of rotatable bonds is 2. The van der Waals surface area contributed by atoms with Gasteiger partial charge in [0.15, 0.2) is 0 Å². The van der Waals surface area contributed by atoms with Crippen LogP contribution in [0, 0.1) is 11.3 Å². The van der Waals surface area contributed by atoms with E-state index in [0.717, 1.165) is 18.9 Å². The SMILES string of the molecule is CC1CCCC2(CCOC2CN=[N+]=[N-])CC1. The van der Waals surface area contributed by atoms with Crippen LogP contribution in [-0.2, 0) is 4.74 Å². The van der Waals surface area contributed by atoms with Crippen molar-refractivity contribution in [3.8, 4) is 0 Å². The van der Waals surface area contributed by atoms with Crippen LogP contribution in [0.25, 0.3) is 10.4 Å². The van der Waals surface area contributed by atoms with Crippen molar-refractivity contribution in [2.45, 2.75) is 51.6 Å². The minimum absolute atomic E-state index is 0.175. The van der Waals surface area contributed by atoms with E-state index >= 15 is 0 Å². The van der Waals surface area contributed by atoms with Gasteiger partial charge in [0.1, 0.15) is 0 Å². The maximum Gasteiger partial charge on any atom is 0.0688 e. The van der Waals surface area contributed by atoms with Crippen molar-refractivity contribution in [1.82, 2.24) is 0 Å². The maximum atomic E-state index is 8.41. The van der Waals surface area contributed by atoms with E-state index in [4.69, 9.17) is 10.3 Å². The van der Waals surface area contributed by atoms with E-state index in [0.29, 0.717) is 12.0 Å². The summed E-state index contributed by atoms with van der Waals surface area (Å²) in [5.74, 6) is 0.847. The molecule has 4 nitrogen and oxygen atoms in total. The second-order valence-corrected chi connectivity index (χ2v) is 5.42. The lowest BCUT2D eigenvalue weighted by atomic mass is 9.74. The van der Waals surface area contributed by atoms with Crippen LogP contribution in [0.5, 0.6) is 0 Å². The first-order chi connectivity index (χ1) is 7.77. The third kappa shape index (κ3) is 2.33. The van der Waals surface area contributed by atoms with Gasteiger partial charge in [-0.25, -0.2) is 0 Å². The van der Waals surface area contributed by atoms with E-state index in [1.807, 2.05) is 0 Å². The van der Waals surface area contributed by atoms with Crippen LogP contribution in [0.2, 0.25) is 0 Å². The number of ether oxygens (including phenoxy) is 1. The Morgan fingerprint density at radius 3 is 3.06 bits per heavy atom. The summed E-state index contributed by atoms with van der Waals surface area (Å²) >= 11 is 0. The van der Waals surface area contributed by atoms with E-state index in [9.17, 15) is 0 Å². The highest BCUT2D eigenvalue weighted by atomic mass is 16.5.